The predicted molar refractivity (Wildman–Crippen MR) is 77.1 cm³/mol. The number of hydrogen-bond donors (Lipinski definition) is 0. The zero-order valence-corrected chi connectivity index (χ0v) is 12.8. The molecule has 94 valence electrons. The third-order valence-electron chi connectivity index (χ3n) is 4.45. The average molecular weight is 336 g/mol. The third-order valence-corrected chi connectivity index (χ3v) is 5.84. The number of hydrogen-bond acceptors (Lipinski definition) is 1. The molecule has 1 nitrogen and oxygen atoms in total. The van der Waals surface area contributed by atoms with Crippen molar-refractivity contribution in [3.63, 3.8) is 0 Å². The van der Waals surface area contributed by atoms with Crippen LogP contribution >= 0.6 is 22.6 Å². The summed E-state index contributed by atoms with van der Waals surface area (Å²) < 4.78 is 7.45. The van der Waals surface area contributed by atoms with Gasteiger partial charge in [0.1, 0.15) is 0 Å². The van der Waals surface area contributed by atoms with Gasteiger partial charge in [0.05, 0.1) is 12.2 Å². The van der Waals surface area contributed by atoms with E-state index in [1.165, 1.54) is 43.0 Å². The van der Waals surface area contributed by atoms with Crippen LogP contribution < -0.4 is 0 Å². The molecule has 0 N–H and O–H groups in total. The summed E-state index contributed by atoms with van der Waals surface area (Å²) in [7, 11) is 0. The van der Waals surface area contributed by atoms with Crippen LogP contribution in [0, 0.1) is 17.8 Å². The molecule has 2 aliphatic rings. The van der Waals surface area contributed by atoms with E-state index in [1.807, 2.05) is 0 Å². The van der Waals surface area contributed by atoms with Crippen LogP contribution in [0.3, 0.4) is 0 Å². The minimum Gasteiger partial charge on any atom is -0.374 e. The fourth-order valence-corrected chi connectivity index (χ4v) is 3.71. The summed E-state index contributed by atoms with van der Waals surface area (Å²) in [6, 6.07) is 0. The molecule has 0 aliphatic heterocycles. The van der Waals surface area contributed by atoms with Crippen LogP contribution in [0.4, 0.5) is 0 Å². The second-order valence-corrected chi connectivity index (χ2v) is 6.92. The van der Waals surface area contributed by atoms with E-state index in [4.69, 9.17) is 4.74 Å². The van der Waals surface area contributed by atoms with Crippen LogP contribution in [0.1, 0.15) is 52.4 Å². The Hall–Kier alpha value is 0.690. The summed E-state index contributed by atoms with van der Waals surface area (Å²) in [4.78, 5) is 0. The van der Waals surface area contributed by atoms with Gasteiger partial charge < -0.3 is 4.74 Å². The van der Waals surface area contributed by atoms with Gasteiger partial charge in [0.2, 0.25) is 0 Å². The molecule has 0 unspecified atom stereocenters. The molecule has 2 heteroatoms. The van der Waals surface area contributed by atoms with Gasteiger partial charge in [-0.3, -0.25) is 0 Å². The molecule has 2 rings (SSSR count). The molecule has 16 heavy (non-hydrogen) atoms. The Morgan fingerprint density at radius 3 is 2.25 bits per heavy atom. The first-order valence-corrected chi connectivity index (χ1v) is 8.38. The van der Waals surface area contributed by atoms with Crippen LogP contribution in [0.5, 0.6) is 0 Å². The highest BCUT2D eigenvalue weighted by Crippen LogP contribution is 2.40. The van der Waals surface area contributed by atoms with Gasteiger partial charge in [0.25, 0.3) is 0 Å². The fraction of sp³-hybridized carbons (Fsp3) is 1.00. The topological polar surface area (TPSA) is 9.23 Å². The zero-order chi connectivity index (χ0) is 11.6. The Balaban J connectivity index is 1.81. The number of halogens is 1. The average Bonchev–Trinajstić information content (AvgIpc) is 3.11. The van der Waals surface area contributed by atoms with Gasteiger partial charge in [0.15, 0.2) is 0 Å². The molecule has 2 fully saturated rings. The smallest absolute Gasteiger partial charge is 0.0771 e. The first kappa shape index (κ1) is 13.1. The lowest BCUT2D eigenvalue weighted by molar-refractivity contribution is -0.0663. The number of alkyl halides is 1. The highest BCUT2D eigenvalue weighted by molar-refractivity contribution is 14.1. The van der Waals surface area contributed by atoms with E-state index in [0.29, 0.717) is 0 Å². The second-order valence-electron chi connectivity index (χ2n) is 6.15. The van der Waals surface area contributed by atoms with Crippen molar-refractivity contribution in [2.75, 3.05) is 11.0 Å². The molecular formula is C14H25IO. The van der Waals surface area contributed by atoms with Crippen molar-refractivity contribution in [3.05, 3.63) is 0 Å². The summed E-state index contributed by atoms with van der Waals surface area (Å²) in [5, 5.41) is 0. The van der Waals surface area contributed by atoms with Crippen molar-refractivity contribution >= 4 is 22.6 Å². The molecule has 0 amide bonds. The lowest BCUT2D eigenvalue weighted by atomic mass is 9.75. The van der Waals surface area contributed by atoms with E-state index in [1.54, 1.807) is 0 Å². The molecule has 0 spiro atoms. The summed E-state index contributed by atoms with van der Waals surface area (Å²) in [5.74, 6) is 2.71. The summed E-state index contributed by atoms with van der Waals surface area (Å²) in [5.41, 5.74) is 0.245. The standard InChI is InChI=1S/C14H25IO/c1-11(2)13-5-7-14(10-15,8-6-13)16-9-12-3-4-12/h11-13H,3-10H2,1-2H3. The molecule has 2 aliphatic carbocycles. The van der Waals surface area contributed by atoms with Gasteiger partial charge >= 0.3 is 0 Å². The first-order valence-electron chi connectivity index (χ1n) is 6.85. The Morgan fingerprint density at radius 1 is 1.19 bits per heavy atom. The van der Waals surface area contributed by atoms with Crippen LogP contribution in [0.25, 0.3) is 0 Å². The quantitative estimate of drug-likeness (QED) is 0.533. The fourth-order valence-electron chi connectivity index (χ4n) is 2.73. The monoisotopic (exact) mass is 336 g/mol. The van der Waals surface area contributed by atoms with E-state index in [9.17, 15) is 0 Å². The lowest BCUT2D eigenvalue weighted by Gasteiger charge is -2.40. The largest absolute Gasteiger partial charge is 0.374 e. The van der Waals surface area contributed by atoms with E-state index < -0.39 is 0 Å². The van der Waals surface area contributed by atoms with Crippen LogP contribution in [-0.2, 0) is 4.74 Å². The molecule has 0 saturated heterocycles. The SMILES string of the molecule is CC(C)C1CCC(CI)(OCC2CC2)CC1. The molecule has 0 bridgehead atoms. The Morgan fingerprint density at radius 2 is 1.81 bits per heavy atom. The van der Waals surface area contributed by atoms with Gasteiger partial charge in [0, 0.05) is 4.43 Å². The van der Waals surface area contributed by atoms with Gasteiger partial charge in [-0.25, -0.2) is 0 Å². The first-order chi connectivity index (χ1) is 7.65. The molecule has 2 saturated carbocycles. The van der Waals surface area contributed by atoms with Crippen molar-refractivity contribution in [2.45, 2.75) is 58.0 Å². The normalized spacial score (nSPS) is 35.6. The van der Waals surface area contributed by atoms with Gasteiger partial charge in [-0.15, -0.1) is 0 Å². The minimum absolute atomic E-state index is 0.245. The Labute approximate surface area is 114 Å². The van der Waals surface area contributed by atoms with Crippen LogP contribution in [0.2, 0.25) is 0 Å². The molecule has 0 aromatic heterocycles. The highest BCUT2D eigenvalue weighted by Gasteiger charge is 2.37. The van der Waals surface area contributed by atoms with E-state index >= 15 is 0 Å². The van der Waals surface area contributed by atoms with Gasteiger partial charge in [-0.1, -0.05) is 36.4 Å². The highest BCUT2D eigenvalue weighted by atomic mass is 127. The summed E-state index contributed by atoms with van der Waals surface area (Å²) >= 11 is 2.53. The molecule has 0 aromatic carbocycles. The van der Waals surface area contributed by atoms with Crippen LogP contribution in [-0.4, -0.2) is 16.6 Å². The van der Waals surface area contributed by atoms with E-state index in [-0.39, 0.29) is 5.60 Å². The maximum Gasteiger partial charge on any atom is 0.0771 e. The van der Waals surface area contributed by atoms with Gasteiger partial charge in [-0.05, 0) is 56.3 Å². The third kappa shape index (κ3) is 3.34. The number of rotatable bonds is 5. The molecule has 0 aromatic rings. The van der Waals surface area contributed by atoms with Crippen molar-refractivity contribution in [1.82, 2.24) is 0 Å². The van der Waals surface area contributed by atoms with E-state index in [0.717, 1.165) is 24.4 Å². The van der Waals surface area contributed by atoms with Crippen molar-refractivity contribution < 1.29 is 4.74 Å². The Bertz CT molecular complexity index is 215. The zero-order valence-electron chi connectivity index (χ0n) is 10.7. The van der Waals surface area contributed by atoms with Crippen molar-refractivity contribution in [3.8, 4) is 0 Å². The molecule has 0 radical (unpaired) electrons. The Kier molecular flexibility index (Phi) is 4.56. The lowest BCUT2D eigenvalue weighted by Crippen LogP contribution is -2.40. The minimum atomic E-state index is 0.245. The van der Waals surface area contributed by atoms with Crippen molar-refractivity contribution in [1.29, 1.82) is 0 Å². The molecular weight excluding hydrogens is 311 g/mol. The predicted octanol–water partition coefficient (Wildman–Crippen LogP) is 4.43. The van der Waals surface area contributed by atoms with Gasteiger partial charge in [-0.2, -0.15) is 0 Å². The molecule has 0 heterocycles. The molecule has 0 atom stereocenters. The van der Waals surface area contributed by atoms with Crippen molar-refractivity contribution in [2.24, 2.45) is 17.8 Å². The van der Waals surface area contributed by atoms with E-state index in [2.05, 4.69) is 36.4 Å². The summed E-state index contributed by atoms with van der Waals surface area (Å²) in [6.45, 7) is 5.77. The number of ether oxygens (including phenoxy) is 1. The maximum absolute atomic E-state index is 6.26. The second kappa shape index (κ2) is 5.55. The maximum atomic E-state index is 6.26. The van der Waals surface area contributed by atoms with Crippen LogP contribution in [0.15, 0.2) is 0 Å². The summed E-state index contributed by atoms with van der Waals surface area (Å²) in [6.07, 6.45) is 8.17.